The third kappa shape index (κ3) is 4.85. The third-order valence-corrected chi connectivity index (χ3v) is 5.21. The maximum Gasteiger partial charge on any atom is 0.193 e. The van der Waals surface area contributed by atoms with Crippen LogP contribution < -0.4 is 5.32 Å². The summed E-state index contributed by atoms with van der Waals surface area (Å²) in [7, 11) is 0. The molecule has 2 aliphatic rings. The molecular weight excluding hydrogens is 397 g/mol. The van der Waals surface area contributed by atoms with E-state index in [-0.39, 0.29) is 24.0 Å². The number of nitrogens with zero attached hydrogens (tertiary/aromatic N) is 2. The van der Waals surface area contributed by atoms with Crippen LogP contribution in [-0.4, -0.2) is 37.0 Å². The number of guanidine groups is 1. The maximum atomic E-state index is 4.87. The van der Waals surface area contributed by atoms with Gasteiger partial charge in [-0.2, -0.15) is 0 Å². The Morgan fingerprint density at radius 1 is 1.22 bits per heavy atom. The fourth-order valence-corrected chi connectivity index (χ4v) is 3.74. The minimum atomic E-state index is 0. The Hall–Kier alpha value is -0.780. The van der Waals surface area contributed by atoms with Crippen LogP contribution in [-0.2, 0) is 6.42 Å². The molecule has 1 aliphatic heterocycles. The van der Waals surface area contributed by atoms with Gasteiger partial charge in [-0.1, -0.05) is 36.8 Å². The summed E-state index contributed by atoms with van der Waals surface area (Å²) in [5.74, 6) is 1.14. The fourth-order valence-electron chi connectivity index (χ4n) is 3.74. The highest BCUT2D eigenvalue weighted by Gasteiger charge is 2.43. The van der Waals surface area contributed by atoms with Crippen molar-refractivity contribution in [1.29, 1.82) is 0 Å². The Labute approximate surface area is 158 Å². The van der Waals surface area contributed by atoms with E-state index in [1.54, 1.807) is 0 Å². The van der Waals surface area contributed by atoms with Gasteiger partial charge in [0.1, 0.15) is 0 Å². The lowest BCUT2D eigenvalue weighted by molar-refractivity contribution is 0.151. The predicted octanol–water partition coefficient (Wildman–Crippen LogP) is 4.08. The quantitative estimate of drug-likeness (QED) is 0.332. The third-order valence-electron chi connectivity index (χ3n) is 5.21. The largest absolute Gasteiger partial charge is 0.357 e. The summed E-state index contributed by atoms with van der Waals surface area (Å²) >= 11 is 0. The summed E-state index contributed by atoms with van der Waals surface area (Å²) in [5, 5.41) is 3.49. The van der Waals surface area contributed by atoms with Crippen LogP contribution in [0, 0.1) is 5.41 Å². The van der Waals surface area contributed by atoms with Crippen molar-refractivity contribution in [3.8, 4) is 0 Å². The maximum absolute atomic E-state index is 4.87. The zero-order valence-electron chi connectivity index (χ0n) is 14.3. The molecule has 128 valence electrons. The SMILES string of the molecule is CCNC(=NCCCc1ccccc1)N1CCC2(CCC2)C1.I. The Morgan fingerprint density at radius 2 is 2.00 bits per heavy atom. The number of aryl methyl sites for hydroxylation is 1. The van der Waals surface area contributed by atoms with Crippen LogP contribution in [0.15, 0.2) is 35.3 Å². The molecule has 1 saturated heterocycles. The monoisotopic (exact) mass is 427 g/mol. The summed E-state index contributed by atoms with van der Waals surface area (Å²) in [5.41, 5.74) is 2.05. The molecule has 0 unspecified atom stereocenters. The van der Waals surface area contributed by atoms with Gasteiger partial charge in [-0.15, -0.1) is 24.0 Å². The topological polar surface area (TPSA) is 27.6 Å². The Bertz CT molecular complexity index is 497. The first-order chi connectivity index (χ1) is 10.8. The van der Waals surface area contributed by atoms with Gasteiger partial charge in [0, 0.05) is 26.2 Å². The number of aliphatic imine (C=N–C) groups is 1. The lowest BCUT2D eigenvalue weighted by atomic mass is 9.68. The number of nitrogens with one attached hydrogen (secondary N) is 1. The molecule has 1 saturated carbocycles. The molecule has 23 heavy (non-hydrogen) atoms. The van der Waals surface area contributed by atoms with Gasteiger partial charge in [0.25, 0.3) is 0 Å². The molecule has 3 rings (SSSR count). The summed E-state index contributed by atoms with van der Waals surface area (Å²) in [6.07, 6.45) is 7.89. The van der Waals surface area contributed by atoms with Gasteiger partial charge in [-0.25, -0.2) is 0 Å². The molecule has 2 fully saturated rings. The van der Waals surface area contributed by atoms with E-state index in [1.165, 1.54) is 44.3 Å². The van der Waals surface area contributed by atoms with E-state index in [0.29, 0.717) is 5.41 Å². The van der Waals surface area contributed by atoms with Crippen LogP contribution in [0.3, 0.4) is 0 Å². The standard InChI is InChI=1S/C19H29N3.HI/c1-2-20-18(22-15-13-19(16-22)11-7-12-19)21-14-6-10-17-8-4-3-5-9-17;/h3-5,8-9H,2,6-7,10-16H2,1H3,(H,20,21);1H. The number of benzene rings is 1. The van der Waals surface area contributed by atoms with E-state index in [2.05, 4.69) is 47.5 Å². The summed E-state index contributed by atoms with van der Waals surface area (Å²) in [6, 6.07) is 10.7. The van der Waals surface area contributed by atoms with Crippen molar-refractivity contribution >= 4 is 29.9 Å². The molecule has 0 bridgehead atoms. The van der Waals surface area contributed by atoms with Crippen LogP contribution in [0.4, 0.5) is 0 Å². The second kappa shape index (κ2) is 8.90. The lowest BCUT2D eigenvalue weighted by Gasteiger charge is -2.38. The van der Waals surface area contributed by atoms with Crippen LogP contribution in [0.5, 0.6) is 0 Å². The average Bonchev–Trinajstić information content (AvgIpc) is 2.97. The van der Waals surface area contributed by atoms with E-state index < -0.39 is 0 Å². The van der Waals surface area contributed by atoms with Crippen molar-refractivity contribution in [3.63, 3.8) is 0 Å². The Balaban J connectivity index is 0.00000192. The number of hydrogen-bond donors (Lipinski definition) is 1. The lowest BCUT2D eigenvalue weighted by Crippen LogP contribution is -2.42. The molecule has 0 radical (unpaired) electrons. The van der Waals surface area contributed by atoms with Crippen molar-refractivity contribution in [2.75, 3.05) is 26.2 Å². The molecule has 0 amide bonds. The highest BCUT2D eigenvalue weighted by molar-refractivity contribution is 14.0. The minimum Gasteiger partial charge on any atom is -0.357 e. The van der Waals surface area contributed by atoms with Gasteiger partial charge in [-0.3, -0.25) is 4.99 Å². The molecule has 1 aromatic carbocycles. The molecule has 1 aromatic rings. The molecule has 3 nitrogen and oxygen atoms in total. The Kier molecular flexibility index (Phi) is 7.18. The molecule has 1 spiro atoms. The Morgan fingerprint density at radius 3 is 2.61 bits per heavy atom. The highest BCUT2D eigenvalue weighted by Crippen LogP contribution is 2.47. The first-order valence-electron chi connectivity index (χ1n) is 8.89. The second-order valence-electron chi connectivity index (χ2n) is 6.85. The van der Waals surface area contributed by atoms with Gasteiger partial charge < -0.3 is 10.2 Å². The number of likely N-dealkylation sites (tertiary alicyclic amines) is 1. The van der Waals surface area contributed by atoms with Crippen molar-refractivity contribution in [2.24, 2.45) is 10.4 Å². The number of rotatable bonds is 5. The molecular formula is C19H30IN3. The van der Waals surface area contributed by atoms with Crippen LogP contribution >= 0.6 is 24.0 Å². The van der Waals surface area contributed by atoms with Crippen LogP contribution in [0.1, 0.15) is 44.6 Å². The van der Waals surface area contributed by atoms with Gasteiger partial charge in [0.2, 0.25) is 0 Å². The van der Waals surface area contributed by atoms with E-state index in [9.17, 15) is 0 Å². The molecule has 0 atom stereocenters. The van der Waals surface area contributed by atoms with E-state index in [0.717, 1.165) is 31.9 Å². The van der Waals surface area contributed by atoms with Crippen LogP contribution in [0.25, 0.3) is 0 Å². The van der Waals surface area contributed by atoms with Crippen molar-refractivity contribution in [3.05, 3.63) is 35.9 Å². The van der Waals surface area contributed by atoms with Gasteiger partial charge in [-0.05, 0) is 50.0 Å². The van der Waals surface area contributed by atoms with E-state index >= 15 is 0 Å². The summed E-state index contributed by atoms with van der Waals surface area (Å²) < 4.78 is 0. The van der Waals surface area contributed by atoms with E-state index in [4.69, 9.17) is 4.99 Å². The van der Waals surface area contributed by atoms with Crippen molar-refractivity contribution < 1.29 is 0 Å². The molecule has 1 aliphatic carbocycles. The van der Waals surface area contributed by atoms with Gasteiger partial charge in [0.05, 0.1) is 0 Å². The number of hydrogen-bond acceptors (Lipinski definition) is 1. The first-order valence-corrected chi connectivity index (χ1v) is 8.89. The van der Waals surface area contributed by atoms with Gasteiger partial charge >= 0.3 is 0 Å². The predicted molar refractivity (Wildman–Crippen MR) is 109 cm³/mol. The van der Waals surface area contributed by atoms with Gasteiger partial charge in [0.15, 0.2) is 5.96 Å². The smallest absolute Gasteiger partial charge is 0.193 e. The zero-order valence-corrected chi connectivity index (χ0v) is 16.6. The molecule has 0 aromatic heterocycles. The normalized spacial score (nSPS) is 19.3. The molecule has 1 heterocycles. The molecule has 4 heteroatoms. The fraction of sp³-hybridized carbons (Fsp3) is 0.632. The zero-order chi connectivity index (χ0) is 15.3. The summed E-state index contributed by atoms with van der Waals surface area (Å²) in [6.45, 7) is 6.44. The minimum absolute atomic E-state index is 0. The number of halogens is 1. The molecule has 1 N–H and O–H groups in total. The summed E-state index contributed by atoms with van der Waals surface area (Å²) in [4.78, 5) is 7.36. The van der Waals surface area contributed by atoms with Crippen molar-refractivity contribution in [2.45, 2.75) is 45.4 Å². The highest BCUT2D eigenvalue weighted by atomic mass is 127. The van der Waals surface area contributed by atoms with Crippen LogP contribution in [0.2, 0.25) is 0 Å². The first kappa shape index (κ1) is 18.6. The second-order valence-corrected chi connectivity index (χ2v) is 6.85. The van der Waals surface area contributed by atoms with Crippen molar-refractivity contribution in [1.82, 2.24) is 10.2 Å². The van der Waals surface area contributed by atoms with E-state index in [1.807, 2.05) is 0 Å². The average molecular weight is 427 g/mol.